The molecule has 0 atom stereocenters. The Bertz CT molecular complexity index is 1290. The third kappa shape index (κ3) is 7.25. The van der Waals surface area contributed by atoms with Crippen molar-refractivity contribution in [2.75, 3.05) is 51.4 Å². The molecule has 0 spiro atoms. The lowest BCUT2D eigenvalue weighted by atomic mass is 10.0. The normalized spacial score (nSPS) is 13.3. The molecule has 4 rings (SSSR count). The Morgan fingerprint density at radius 3 is 2.38 bits per heavy atom. The summed E-state index contributed by atoms with van der Waals surface area (Å²) in [5.74, 6) is -0.565. The highest BCUT2D eigenvalue weighted by atomic mass is 16.6. The van der Waals surface area contributed by atoms with E-state index in [9.17, 15) is 14.4 Å². The van der Waals surface area contributed by atoms with Gasteiger partial charge >= 0.3 is 6.09 Å². The first kappa shape index (κ1) is 28.8. The van der Waals surface area contributed by atoms with E-state index in [-0.39, 0.29) is 25.0 Å². The summed E-state index contributed by atoms with van der Waals surface area (Å²) in [7, 11) is 1.64. The molecule has 40 heavy (non-hydrogen) atoms. The van der Waals surface area contributed by atoms with E-state index in [2.05, 4.69) is 11.7 Å². The zero-order valence-electron chi connectivity index (χ0n) is 22.8. The number of para-hydroxylation sites is 1. The molecule has 3 N–H and O–H groups in total. The van der Waals surface area contributed by atoms with Gasteiger partial charge in [-0.25, -0.2) is 14.8 Å². The molecule has 9 heteroatoms. The van der Waals surface area contributed by atoms with Gasteiger partial charge in [0, 0.05) is 49.9 Å². The lowest BCUT2D eigenvalue weighted by Crippen LogP contribution is -2.50. The third-order valence-electron chi connectivity index (χ3n) is 6.66. The first-order chi connectivity index (χ1) is 19.5. The van der Waals surface area contributed by atoms with Crippen LogP contribution in [0.1, 0.15) is 33.6 Å². The highest BCUT2D eigenvalue weighted by Crippen LogP contribution is 2.33. The second-order valence-corrected chi connectivity index (χ2v) is 9.48. The van der Waals surface area contributed by atoms with Crippen LogP contribution in [0.15, 0.2) is 78.9 Å². The van der Waals surface area contributed by atoms with Crippen molar-refractivity contribution in [3.05, 3.63) is 96.4 Å². The maximum absolute atomic E-state index is 13.5. The highest BCUT2D eigenvalue weighted by Gasteiger charge is 2.28. The van der Waals surface area contributed by atoms with Crippen molar-refractivity contribution in [2.45, 2.75) is 12.8 Å². The van der Waals surface area contributed by atoms with Crippen LogP contribution in [0.5, 0.6) is 0 Å². The standard InChI is InChI=1S/C31H36N5O4/c1-34(30(38)26-14-10-13-25(23-26)29(37)33-18-17-32)21-22-40-31(39)36(35-19-8-3-9-20-35)28-16-7-6-15-27(28)24-11-4-2-5-12-24/h2-7,10-16,23H,8-9,17-22,32H2,1H3,(H,33,37). The van der Waals surface area contributed by atoms with Crippen LogP contribution in [0.4, 0.5) is 10.5 Å². The quantitative estimate of drug-likeness (QED) is 0.401. The number of rotatable bonds is 10. The van der Waals surface area contributed by atoms with Crippen LogP contribution in [0.3, 0.4) is 0 Å². The number of nitrogens with one attached hydrogen (secondary N) is 1. The van der Waals surface area contributed by atoms with Crippen LogP contribution in [0.2, 0.25) is 0 Å². The zero-order chi connectivity index (χ0) is 28.3. The number of likely N-dealkylation sites (N-methyl/N-ethyl adjacent to an activating group) is 1. The number of carbonyl (C=O) groups is 3. The number of hydrogen-bond donors (Lipinski definition) is 2. The number of piperidine rings is 1. The Balaban J connectivity index is 1.44. The SMILES string of the molecule is CN(CCOC(=O)N(c1ccccc1-c1ccccc1)N1CC[CH]CC1)C(=O)c1cccc(C(=O)NCCN)c1. The molecule has 0 saturated carbocycles. The Hall–Kier alpha value is -4.21. The van der Waals surface area contributed by atoms with Gasteiger partial charge in [-0.05, 0) is 49.1 Å². The van der Waals surface area contributed by atoms with E-state index in [1.807, 2.05) is 59.6 Å². The van der Waals surface area contributed by atoms with E-state index < -0.39 is 6.09 Å². The van der Waals surface area contributed by atoms with Gasteiger partial charge in [-0.15, -0.1) is 0 Å². The molecule has 1 aliphatic rings. The molecule has 1 radical (unpaired) electrons. The minimum atomic E-state index is -0.496. The van der Waals surface area contributed by atoms with E-state index >= 15 is 0 Å². The van der Waals surface area contributed by atoms with E-state index in [1.54, 1.807) is 36.3 Å². The number of carbonyl (C=O) groups excluding carboxylic acids is 3. The number of benzene rings is 3. The lowest BCUT2D eigenvalue weighted by Gasteiger charge is -2.37. The highest BCUT2D eigenvalue weighted by molar-refractivity contribution is 5.99. The van der Waals surface area contributed by atoms with E-state index in [0.717, 1.165) is 29.7 Å². The minimum Gasteiger partial charge on any atom is -0.446 e. The van der Waals surface area contributed by atoms with E-state index in [1.165, 1.54) is 4.90 Å². The van der Waals surface area contributed by atoms with Gasteiger partial charge in [0.1, 0.15) is 6.61 Å². The van der Waals surface area contributed by atoms with Crippen molar-refractivity contribution in [3.63, 3.8) is 0 Å². The Kier molecular flexibility index (Phi) is 10.3. The number of nitrogens with two attached hydrogens (primary N) is 1. The first-order valence-electron chi connectivity index (χ1n) is 13.5. The molecule has 1 saturated heterocycles. The fraction of sp³-hybridized carbons (Fsp3) is 0.290. The molecule has 3 amide bonds. The fourth-order valence-electron chi connectivity index (χ4n) is 4.56. The molecule has 1 fully saturated rings. The molecule has 3 aromatic carbocycles. The summed E-state index contributed by atoms with van der Waals surface area (Å²) in [6, 6.07) is 24.2. The second kappa shape index (κ2) is 14.3. The van der Waals surface area contributed by atoms with Gasteiger partial charge in [-0.1, -0.05) is 54.6 Å². The summed E-state index contributed by atoms with van der Waals surface area (Å²) >= 11 is 0. The average Bonchev–Trinajstić information content (AvgIpc) is 3.01. The van der Waals surface area contributed by atoms with Crippen molar-refractivity contribution in [1.29, 1.82) is 0 Å². The van der Waals surface area contributed by atoms with Crippen LogP contribution < -0.4 is 16.1 Å². The third-order valence-corrected chi connectivity index (χ3v) is 6.66. The molecule has 9 nitrogen and oxygen atoms in total. The average molecular weight is 543 g/mol. The molecular weight excluding hydrogens is 506 g/mol. The van der Waals surface area contributed by atoms with Gasteiger partial charge < -0.3 is 20.7 Å². The molecule has 0 bridgehead atoms. The maximum atomic E-state index is 13.5. The Morgan fingerprint density at radius 1 is 0.925 bits per heavy atom. The van der Waals surface area contributed by atoms with Gasteiger partial charge in [-0.2, -0.15) is 0 Å². The monoisotopic (exact) mass is 542 g/mol. The largest absolute Gasteiger partial charge is 0.446 e. The molecule has 1 aliphatic heterocycles. The van der Waals surface area contributed by atoms with Crippen molar-refractivity contribution >= 4 is 23.6 Å². The first-order valence-corrected chi connectivity index (χ1v) is 13.5. The van der Waals surface area contributed by atoms with Crippen LogP contribution in [-0.4, -0.2) is 74.2 Å². The van der Waals surface area contributed by atoms with Crippen LogP contribution >= 0.6 is 0 Å². The second-order valence-electron chi connectivity index (χ2n) is 9.48. The Morgan fingerprint density at radius 2 is 1.62 bits per heavy atom. The number of hydrazine groups is 1. The maximum Gasteiger partial charge on any atom is 0.429 e. The lowest BCUT2D eigenvalue weighted by molar-refractivity contribution is 0.0735. The smallest absolute Gasteiger partial charge is 0.429 e. The van der Waals surface area contributed by atoms with Crippen molar-refractivity contribution in [3.8, 4) is 11.1 Å². The van der Waals surface area contributed by atoms with E-state index in [0.29, 0.717) is 37.3 Å². The molecule has 209 valence electrons. The van der Waals surface area contributed by atoms with Crippen molar-refractivity contribution in [1.82, 2.24) is 15.2 Å². The minimum absolute atomic E-state index is 0.0156. The summed E-state index contributed by atoms with van der Waals surface area (Å²) in [6.07, 6.45) is 3.47. The zero-order valence-corrected chi connectivity index (χ0v) is 22.8. The summed E-state index contributed by atoms with van der Waals surface area (Å²) < 4.78 is 5.73. The molecule has 1 heterocycles. The van der Waals surface area contributed by atoms with Crippen LogP contribution in [0, 0.1) is 6.42 Å². The van der Waals surface area contributed by atoms with E-state index in [4.69, 9.17) is 10.5 Å². The van der Waals surface area contributed by atoms with Gasteiger partial charge in [0.05, 0.1) is 12.2 Å². The van der Waals surface area contributed by atoms with Gasteiger partial charge in [0.25, 0.3) is 11.8 Å². The predicted octanol–water partition coefficient (Wildman–Crippen LogP) is 3.97. The number of hydrogen-bond acceptors (Lipinski definition) is 6. The molecular formula is C31H36N5O4. The van der Waals surface area contributed by atoms with Crippen LogP contribution in [0.25, 0.3) is 11.1 Å². The summed E-state index contributed by atoms with van der Waals surface area (Å²) in [5.41, 5.74) is 8.88. The predicted molar refractivity (Wildman–Crippen MR) is 156 cm³/mol. The van der Waals surface area contributed by atoms with Crippen molar-refractivity contribution < 1.29 is 19.1 Å². The summed E-state index contributed by atoms with van der Waals surface area (Å²) in [6.45, 7) is 2.29. The topological polar surface area (TPSA) is 108 Å². The van der Waals surface area contributed by atoms with Gasteiger partial charge in [0.15, 0.2) is 0 Å². The summed E-state index contributed by atoms with van der Waals surface area (Å²) in [5, 5.41) is 6.34. The fourth-order valence-corrected chi connectivity index (χ4v) is 4.56. The summed E-state index contributed by atoms with van der Waals surface area (Å²) in [4.78, 5) is 40.3. The number of amides is 3. The molecule has 0 aromatic heterocycles. The number of anilines is 1. The van der Waals surface area contributed by atoms with Gasteiger partial charge in [-0.3, -0.25) is 9.59 Å². The number of ether oxygens (including phenoxy) is 1. The van der Waals surface area contributed by atoms with Crippen LogP contribution in [-0.2, 0) is 4.74 Å². The Labute approximate surface area is 235 Å². The van der Waals surface area contributed by atoms with Crippen molar-refractivity contribution in [2.24, 2.45) is 5.73 Å². The molecule has 0 aliphatic carbocycles. The molecule has 0 unspecified atom stereocenters. The molecule has 3 aromatic rings. The number of nitrogens with zero attached hydrogens (tertiary/aromatic N) is 3. The van der Waals surface area contributed by atoms with Gasteiger partial charge in [0.2, 0.25) is 0 Å².